The van der Waals surface area contributed by atoms with Crippen molar-refractivity contribution in [2.24, 2.45) is 5.73 Å². The van der Waals surface area contributed by atoms with Crippen LogP contribution in [-0.2, 0) is 10.7 Å². The molecule has 0 spiro atoms. The molecule has 5 N–H and O–H groups in total. The van der Waals surface area contributed by atoms with Crippen molar-refractivity contribution in [3.05, 3.63) is 23.8 Å². The van der Waals surface area contributed by atoms with Crippen LogP contribution in [0.4, 0.5) is 36.4 Å². The van der Waals surface area contributed by atoms with E-state index in [1.807, 2.05) is 0 Å². The Balaban J connectivity index is 3.53. The minimum absolute atomic E-state index is 0.126. The van der Waals surface area contributed by atoms with E-state index in [-0.39, 0.29) is 6.07 Å². The molecule has 0 saturated carbocycles. The summed E-state index contributed by atoms with van der Waals surface area (Å²) < 4.78 is 90.7. The molecule has 1 aromatic carbocycles. The summed E-state index contributed by atoms with van der Waals surface area (Å²) in [6, 6.07) is 1.05. The molecule has 0 aliphatic rings. The van der Waals surface area contributed by atoms with Crippen molar-refractivity contribution < 1.29 is 45.6 Å². The molecule has 0 aliphatic heterocycles. The zero-order chi connectivity index (χ0) is 18.9. The zero-order valence-electron chi connectivity index (χ0n) is 11.5. The molecule has 0 radical (unpaired) electrons. The predicted octanol–water partition coefficient (Wildman–Crippen LogP) is 0.553. The fourth-order valence-electron chi connectivity index (χ4n) is 1.65. The summed E-state index contributed by atoms with van der Waals surface area (Å²) in [6.45, 7) is -0.785. The summed E-state index contributed by atoms with van der Waals surface area (Å²) >= 11 is 0. The van der Waals surface area contributed by atoms with E-state index in [0.717, 1.165) is 0 Å². The van der Waals surface area contributed by atoms with Gasteiger partial charge in [0.25, 0.3) is 0 Å². The van der Waals surface area contributed by atoms with Crippen molar-refractivity contribution >= 4 is 24.2 Å². The Morgan fingerprint density at radius 3 is 2.08 bits per heavy atom. The van der Waals surface area contributed by atoms with Gasteiger partial charge in [0.2, 0.25) is 5.91 Å². The number of amides is 1. The molecule has 1 amide bonds. The van der Waals surface area contributed by atoms with Crippen LogP contribution in [0.1, 0.15) is 5.56 Å². The van der Waals surface area contributed by atoms with Crippen LogP contribution in [0.5, 0.6) is 0 Å². The van der Waals surface area contributed by atoms with E-state index in [1.54, 1.807) is 5.32 Å². The van der Waals surface area contributed by atoms with E-state index in [0.29, 0.717) is 12.1 Å². The van der Waals surface area contributed by atoms with Gasteiger partial charge >= 0.3 is 25.1 Å². The maximum Gasteiger partial charge on any atom is 0.488 e. The number of alkyl halides is 7. The van der Waals surface area contributed by atoms with Crippen molar-refractivity contribution in [1.82, 2.24) is 0 Å². The molecule has 13 heteroatoms. The van der Waals surface area contributed by atoms with Gasteiger partial charge in [0.1, 0.15) is 0 Å². The largest absolute Gasteiger partial charge is 0.488 e. The van der Waals surface area contributed by atoms with E-state index in [2.05, 4.69) is 0 Å². The molecule has 0 fully saturated rings. The molecule has 0 aliphatic carbocycles. The van der Waals surface area contributed by atoms with Crippen LogP contribution in [0, 0.1) is 0 Å². The molecule has 1 rings (SSSR count). The van der Waals surface area contributed by atoms with Gasteiger partial charge in [0.15, 0.2) is 0 Å². The lowest BCUT2D eigenvalue weighted by Crippen LogP contribution is -2.50. The van der Waals surface area contributed by atoms with E-state index >= 15 is 0 Å². The number of anilines is 1. The summed E-state index contributed by atoms with van der Waals surface area (Å²) in [5.74, 6) is -13.4. The molecular weight excluding hydrogens is 352 g/mol. The maximum absolute atomic E-state index is 13.8. The Morgan fingerprint density at radius 2 is 1.67 bits per heavy atom. The van der Waals surface area contributed by atoms with Gasteiger partial charge in [-0.3, -0.25) is 4.79 Å². The Morgan fingerprint density at radius 1 is 1.12 bits per heavy atom. The second kappa shape index (κ2) is 6.57. The van der Waals surface area contributed by atoms with Gasteiger partial charge in [-0.1, -0.05) is 12.1 Å². The number of nitrogens with one attached hydrogen (secondary N) is 1. The molecule has 134 valence electrons. The van der Waals surface area contributed by atoms with Gasteiger partial charge in [0, 0.05) is 5.69 Å². The molecule has 0 unspecified atom stereocenters. The van der Waals surface area contributed by atoms with Crippen LogP contribution in [0.3, 0.4) is 0 Å². The summed E-state index contributed by atoms with van der Waals surface area (Å²) in [6.07, 6.45) is -6.57. The van der Waals surface area contributed by atoms with Crippen LogP contribution in [0.25, 0.3) is 0 Å². The second-order valence-corrected chi connectivity index (χ2v) is 4.58. The molecular formula is C11H10BF7N2O3. The van der Waals surface area contributed by atoms with E-state index in [9.17, 15) is 35.5 Å². The topological polar surface area (TPSA) is 95.6 Å². The molecule has 0 saturated heterocycles. The fourth-order valence-corrected chi connectivity index (χ4v) is 1.65. The van der Waals surface area contributed by atoms with Crippen molar-refractivity contribution in [2.45, 2.75) is 18.0 Å². The Labute approximate surface area is 130 Å². The van der Waals surface area contributed by atoms with E-state index in [4.69, 9.17) is 15.8 Å². The van der Waals surface area contributed by atoms with Gasteiger partial charge in [-0.25, -0.2) is 0 Å². The number of nitrogens with two attached hydrogens (primary N) is 1. The Hall–Kier alpha value is -1.86. The average molecular weight is 362 g/mol. The highest BCUT2D eigenvalue weighted by Gasteiger charge is 2.74. The van der Waals surface area contributed by atoms with Crippen LogP contribution in [0.2, 0.25) is 0 Å². The first kappa shape index (κ1) is 20.2. The molecule has 5 nitrogen and oxygen atoms in total. The molecule has 0 atom stereocenters. The normalized spacial score (nSPS) is 12.9. The third kappa shape index (κ3) is 3.62. The second-order valence-electron chi connectivity index (χ2n) is 4.58. The number of hydrogen-bond donors (Lipinski definition) is 4. The van der Waals surface area contributed by atoms with Gasteiger partial charge in [-0.15, -0.1) is 0 Å². The van der Waals surface area contributed by atoms with Gasteiger partial charge in [-0.05, 0) is 11.5 Å². The molecule has 0 aromatic heterocycles. The van der Waals surface area contributed by atoms with Crippen molar-refractivity contribution in [1.29, 1.82) is 0 Å². The third-order valence-electron chi connectivity index (χ3n) is 2.89. The first-order chi connectivity index (χ1) is 10.8. The molecule has 24 heavy (non-hydrogen) atoms. The number of carbonyl (C=O) groups is 1. The van der Waals surface area contributed by atoms with Crippen molar-refractivity contribution in [3.8, 4) is 0 Å². The van der Waals surface area contributed by atoms with Gasteiger partial charge < -0.3 is 21.1 Å². The number of carbonyl (C=O) groups excluding carboxylic acids is 1. The quantitative estimate of drug-likeness (QED) is 0.455. The lowest BCUT2D eigenvalue weighted by Gasteiger charge is -2.30. The highest BCUT2D eigenvalue weighted by atomic mass is 19.4. The minimum atomic E-state index is -6.57. The van der Waals surface area contributed by atoms with Crippen LogP contribution in [-0.4, -0.2) is 41.7 Å². The maximum atomic E-state index is 13.8. The predicted molar refractivity (Wildman–Crippen MR) is 68.8 cm³/mol. The lowest BCUT2D eigenvalue weighted by molar-refractivity contribution is -0.359. The van der Waals surface area contributed by atoms with Gasteiger partial charge in [0.05, 0.1) is 12.1 Å². The minimum Gasteiger partial charge on any atom is -0.423 e. The lowest BCUT2D eigenvalue weighted by atomic mass is 9.79. The summed E-state index contributed by atoms with van der Waals surface area (Å²) in [5, 5.41) is 19.5. The summed E-state index contributed by atoms with van der Waals surface area (Å²) in [4.78, 5) is 11.2. The third-order valence-corrected chi connectivity index (χ3v) is 2.89. The summed E-state index contributed by atoms with van der Waals surface area (Å²) in [7, 11) is -2.25. The zero-order valence-corrected chi connectivity index (χ0v) is 11.5. The molecule has 1 aromatic rings. The average Bonchev–Trinajstić information content (AvgIpc) is 2.45. The smallest absolute Gasteiger partial charge is 0.423 e. The SMILES string of the molecule is NCC(=O)Nc1cc(B(O)O)ccc1C(F)(F)C(F)(F)C(F)(F)F. The Bertz CT molecular complexity index is 622. The Kier molecular flexibility index (Phi) is 5.53. The van der Waals surface area contributed by atoms with Crippen LogP contribution in [0.15, 0.2) is 18.2 Å². The highest BCUT2D eigenvalue weighted by molar-refractivity contribution is 6.58. The fraction of sp³-hybridized carbons (Fsp3) is 0.364. The number of halogens is 7. The molecule has 0 heterocycles. The van der Waals surface area contributed by atoms with Crippen LogP contribution >= 0.6 is 0 Å². The van der Waals surface area contributed by atoms with Gasteiger partial charge in [-0.2, -0.15) is 30.7 Å². The number of benzene rings is 1. The highest BCUT2D eigenvalue weighted by Crippen LogP contribution is 2.53. The molecule has 0 bridgehead atoms. The first-order valence-corrected chi connectivity index (χ1v) is 6.08. The van der Waals surface area contributed by atoms with Crippen molar-refractivity contribution in [2.75, 3.05) is 11.9 Å². The van der Waals surface area contributed by atoms with E-state index < -0.39 is 54.3 Å². The summed E-state index contributed by atoms with van der Waals surface area (Å²) in [5.41, 5.74) is 1.35. The first-order valence-electron chi connectivity index (χ1n) is 6.08. The van der Waals surface area contributed by atoms with Crippen LogP contribution < -0.4 is 16.5 Å². The van der Waals surface area contributed by atoms with E-state index in [1.165, 1.54) is 0 Å². The number of hydrogen-bond acceptors (Lipinski definition) is 4. The standard InChI is InChI=1S/C11H10BF7N2O3/c13-9(14,10(15,16)11(17,18)19)6-2-1-5(12(23)24)3-7(6)21-8(22)4-20/h1-3,23-24H,4,20H2,(H,21,22). The number of rotatable bonds is 5. The van der Waals surface area contributed by atoms with Crippen molar-refractivity contribution in [3.63, 3.8) is 0 Å². The monoisotopic (exact) mass is 362 g/mol.